The molecule has 2 nitrogen and oxygen atoms in total. The van der Waals surface area contributed by atoms with Crippen molar-refractivity contribution in [2.75, 3.05) is 13.1 Å². The van der Waals surface area contributed by atoms with Gasteiger partial charge in [0.05, 0.1) is 0 Å². The second kappa shape index (κ2) is 3.83. The number of hydrogen-bond donors (Lipinski definition) is 1. The Kier molecular flexibility index (Phi) is 2.70. The summed E-state index contributed by atoms with van der Waals surface area (Å²) in [7, 11) is 0. The molecule has 0 atom stereocenters. The van der Waals surface area contributed by atoms with Gasteiger partial charge in [-0.2, -0.15) is 11.3 Å². The van der Waals surface area contributed by atoms with E-state index < -0.39 is 0 Å². The van der Waals surface area contributed by atoms with Crippen molar-refractivity contribution in [2.45, 2.75) is 19.8 Å². The highest BCUT2D eigenvalue weighted by atomic mass is 32.1. The van der Waals surface area contributed by atoms with Gasteiger partial charge in [-0.3, -0.25) is 4.79 Å². The summed E-state index contributed by atoms with van der Waals surface area (Å²) in [6.45, 7) is 4.02. The lowest BCUT2D eigenvalue weighted by atomic mass is 9.75. The Morgan fingerprint density at radius 3 is 2.79 bits per heavy atom. The van der Waals surface area contributed by atoms with Crippen molar-refractivity contribution in [1.29, 1.82) is 0 Å². The number of ketones is 1. The zero-order valence-corrected chi connectivity index (χ0v) is 9.19. The lowest BCUT2D eigenvalue weighted by Gasteiger charge is -2.32. The van der Waals surface area contributed by atoms with E-state index in [0.29, 0.717) is 5.78 Å². The van der Waals surface area contributed by atoms with Gasteiger partial charge in [-0.1, -0.05) is 6.92 Å². The van der Waals surface area contributed by atoms with E-state index in [9.17, 15) is 4.79 Å². The van der Waals surface area contributed by atoms with Crippen molar-refractivity contribution in [1.82, 2.24) is 5.32 Å². The molecular weight excluding hydrogens is 194 g/mol. The van der Waals surface area contributed by atoms with Crippen LogP contribution in [0.2, 0.25) is 0 Å². The number of thiophene rings is 1. The molecule has 0 spiro atoms. The Balaban J connectivity index is 2.17. The third-order valence-electron chi connectivity index (χ3n) is 3.04. The van der Waals surface area contributed by atoms with Gasteiger partial charge in [-0.05, 0) is 37.4 Å². The first-order valence-corrected chi connectivity index (χ1v) is 5.94. The minimum atomic E-state index is -0.133. The molecule has 2 heterocycles. The summed E-state index contributed by atoms with van der Waals surface area (Å²) in [5.41, 5.74) is 0.756. The SMILES string of the molecule is CC1(C(=O)c2ccsc2)CCNCC1. The van der Waals surface area contributed by atoms with Crippen LogP contribution in [0.1, 0.15) is 30.1 Å². The highest BCUT2D eigenvalue weighted by Gasteiger charge is 2.34. The summed E-state index contributed by atoms with van der Waals surface area (Å²) in [6.07, 6.45) is 1.92. The molecule has 0 radical (unpaired) electrons. The molecule has 1 aliphatic rings. The average Bonchev–Trinajstić information content (AvgIpc) is 2.70. The summed E-state index contributed by atoms with van der Waals surface area (Å²) >= 11 is 1.59. The van der Waals surface area contributed by atoms with Gasteiger partial charge in [0.15, 0.2) is 5.78 Å². The fraction of sp³-hybridized carbons (Fsp3) is 0.545. The van der Waals surface area contributed by atoms with E-state index in [0.717, 1.165) is 31.5 Å². The van der Waals surface area contributed by atoms with Gasteiger partial charge < -0.3 is 5.32 Å². The second-order valence-electron chi connectivity index (χ2n) is 4.15. The van der Waals surface area contributed by atoms with Crippen LogP contribution in [-0.4, -0.2) is 18.9 Å². The fourth-order valence-electron chi connectivity index (χ4n) is 1.95. The van der Waals surface area contributed by atoms with E-state index in [2.05, 4.69) is 12.2 Å². The van der Waals surface area contributed by atoms with E-state index in [1.807, 2.05) is 16.8 Å². The van der Waals surface area contributed by atoms with Gasteiger partial charge in [-0.25, -0.2) is 0 Å². The maximum atomic E-state index is 12.2. The number of Topliss-reactive ketones (excluding diaryl/α,β-unsaturated/α-hetero) is 1. The number of carbonyl (C=O) groups is 1. The summed E-state index contributed by atoms with van der Waals surface area (Å²) in [5, 5.41) is 7.21. The smallest absolute Gasteiger partial charge is 0.169 e. The van der Waals surface area contributed by atoms with E-state index in [4.69, 9.17) is 0 Å². The highest BCUT2D eigenvalue weighted by Crippen LogP contribution is 2.32. The Morgan fingerprint density at radius 1 is 1.50 bits per heavy atom. The third-order valence-corrected chi connectivity index (χ3v) is 3.72. The fourth-order valence-corrected chi connectivity index (χ4v) is 2.58. The van der Waals surface area contributed by atoms with E-state index >= 15 is 0 Å². The zero-order valence-electron chi connectivity index (χ0n) is 8.38. The molecule has 76 valence electrons. The third kappa shape index (κ3) is 1.74. The number of rotatable bonds is 2. The number of carbonyl (C=O) groups excluding carboxylic acids is 1. The molecule has 1 N–H and O–H groups in total. The molecule has 0 unspecified atom stereocenters. The van der Waals surface area contributed by atoms with E-state index in [1.165, 1.54) is 0 Å². The molecular formula is C11H15NOS. The van der Waals surface area contributed by atoms with Crippen molar-refractivity contribution in [3.8, 4) is 0 Å². The first kappa shape index (κ1) is 9.87. The first-order chi connectivity index (χ1) is 6.72. The van der Waals surface area contributed by atoms with Crippen molar-refractivity contribution in [3.63, 3.8) is 0 Å². The monoisotopic (exact) mass is 209 g/mol. The Bertz CT molecular complexity index is 312. The quantitative estimate of drug-likeness (QED) is 0.757. The van der Waals surface area contributed by atoms with Gasteiger partial charge in [-0.15, -0.1) is 0 Å². The van der Waals surface area contributed by atoms with Crippen molar-refractivity contribution in [3.05, 3.63) is 22.4 Å². The van der Waals surface area contributed by atoms with Crippen LogP contribution in [0, 0.1) is 5.41 Å². The maximum Gasteiger partial charge on any atom is 0.169 e. The van der Waals surface area contributed by atoms with Crippen molar-refractivity contribution < 1.29 is 4.79 Å². The number of nitrogens with one attached hydrogen (secondary N) is 1. The van der Waals surface area contributed by atoms with Crippen LogP contribution in [-0.2, 0) is 0 Å². The summed E-state index contributed by atoms with van der Waals surface area (Å²) < 4.78 is 0. The molecule has 1 aliphatic heterocycles. The largest absolute Gasteiger partial charge is 0.317 e. The van der Waals surface area contributed by atoms with Gasteiger partial charge >= 0.3 is 0 Å². The van der Waals surface area contributed by atoms with Crippen LogP contribution in [0.25, 0.3) is 0 Å². The summed E-state index contributed by atoms with van der Waals surface area (Å²) in [5.74, 6) is 0.320. The van der Waals surface area contributed by atoms with E-state index in [-0.39, 0.29) is 5.41 Å². The molecule has 0 amide bonds. The standard InChI is InChI=1S/C11H15NOS/c1-11(3-5-12-6-4-11)10(13)9-2-7-14-8-9/h2,7-8,12H,3-6H2,1H3. The van der Waals surface area contributed by atoms with Crippen LogP contribution >= 0.6 is 11.3 Å². The van der Waals surface area contributed by atoms with Crippen LogP contribution in [0.3, 0.4) is 0 Å². The molecule has 3 heteroatoms. The normalized spacial score (nSPS) is 20.6. The van der Waals surface area contributed by atoms with Crippen LogP contribution in [0.4, 0.5) is 0 Å². The summed E-state index contributed by atoms with van der Waals surface area (Å²) in [6, 6.07) is 1.93. The second-order valence-corrected chi connectivity index (χ2v) is 4.93. The minimum absolute atomic E-state index is 0.133. The Morgan fingerprint density at radius 2 is 2.21 bits per heavy atom. The molecule has 0 aliphatic carbocycles. The van der Waals surface area contributed by atoms with Crippen LogP contribution < -0.4 is 5.32 Å². The molecule has 1 aromatic rings. The molecule has 1 aromatic heterocycles. The minimum Gasteiger partial charge on any atom is -0.317 e. The Hall–Kier alpha value is -0.670. The molecule has 0 saturated carbocycles. The van der Waals surface area contributed by atoms with Crippen molar-refractivity contribution >= 4 is 17.1 Å². The first-order valence-electron chi connectivity index (χ1n) is 5.00. The zero-order chi connectivity index (χ0) is 10.0. The highest BCUT2D eigenvalue weighted by molar-refractivity contribution is 7.08. The molecule has 14 heavy (non-hydrogen) atoms. The summed E-state index contributed by atoms with van der Waals surface area (Å²) in [4.78, 5) is 12.2. The lowest BCUT2D eigenvalue weighted by molar-refractivity contribution is 0.0763. The predicted molar refractivity (Wildman–Crippen MR) is 58.9 cm³/mol. The van der Waals surface area contributed by atoms with Gasteiger partial charge in [0.25, 0.3) is 0 Å². The topological polar surface area (TPSA) is 29.1 Å². The van der Waals surface area contributed by atoms with Crippen molar-refractivity contribution in [2.24, 2.45) is 5.41 Å². The van der Waals surface area contributed by atoms with Crippen LogP contribution in [0.15, 0.2) is 16.8 Å². The molecule has 0 aromatic carbocycles. The predicted octanol–water partition coefficient (Wildman–Crippen LogP) is 2.32. The molecule has 1 saturated heterocycles. The maximum absolute atomic E-state index is 12.2. The molecule has 2 rings (SSSR count). The van der Waals surface area contributed by atoms with Gasteiger partial charge in [0, 0.05) is 16.4 Å². The number of hydrogen-bond acceptors (Lipinski definition) is 3. The van der Waals surface area contributed by atoms with Gasteiger partial charge in [0.1, 0.15) is 0 Å². The Labute approximate surface area is 88.3 Å². The lowest BCUT2D eigenvalue weighted by Crippen LogP contribution is -2.39. The van der Waals surface area contributed by atoms with Gasteiger partial charge in [0.2, 0.25) is 0 Å². The van der Waals surface area contributed by atoms with E-state index in [1.54, 1.807) is 11.3 Å². The average molecular weight is 209 g/mol. The number of piperidine rings is 1. The molecule has 1 fully saturated rings. The molecule has 0 bridgehead atoms. The van der Waals surface area contributed by atoms with Crippen LogP contribution in [0.5, 0.6) is 0 Å².